The highest BCUT2D eigenvalue weighted by molar-refractivity contribution is 5.87. The molecule has 1 aromatic heterocycles. The second kappa shape index (κ2) is 5.74. The van der Waals surface area contributed by atoms with E-state index in [4.69, 9.17) is 4.74 Å². The monoisotopic (exact) mass is 353 g/mol. The number of ether oxygens (including phenoxy) is 1. The molecule has 3 heterocycles. The molecule has 1 saturated carbocycles. The van der Waals surface area contributed by atoms with Crippen molar-refractivity contribution >= 4 is 16.8 Å². The molecule has 1 spiro atoms. The van der Waals surface area contributed by atoms with Crippen LogP contribution in [0.2, 0.25) is 0 Å². The average molecular weight is 353 g/mol. The molecule has 0 radical (unpaired) electrons. The lowest BCUT2D eigenvalue weighted by Gasteiger charge is -2.50. The van der Waals surface area contributed by atoms with Crippen molar-refractivity contribution < 1.29 is 9.53 Å². The Morgan fingerprint density at radius 2 is 2.00 bits per heavy atom. The number of piperidine rings is 1. The largest absolute Gasteiger partial charge is 0.497 e. The maximum absolute atomic E-state index is 12.5. The van der Waals surface area contributed by atoms with E-state index in [0.717, 1.165) is 57.5 Å². The summed E-state index contributed by atoms with van der Waals surface area (Å²) in [5, 5.41) is 1.29. The number of rotatable bonds is 2. The fourth-order valence-electron chi connectivity index (χ4n) is 5.01. The number of likely N-dealkylation sites (N-methyl/N-ethyl adjacent to an activating group) is 1. The van der Waals surface area contributed by atoms with Gasteiger partial charge in [-0.2, -0.15) is 0 Å². The van der Waals surface area contributed by atoms with Crippen LogP contribution in [0.25, 0.3) is 10.9 Å². The number of benzene rings is 1. The van der Waals surface area contributed by atoms with Crippen LogP contribution in [0.15, 0.2) is 18.2 Å². The molecule has 5 nitrogen and oxygen atoms in total. The first kappa shape index (κ1) is 16.2. The molecule has 1 aromatic carbocycles. The number of nitrogens with zero attached hydrogens (tertiary/aromatic N) is 2. The van der Waals surface area contributed by atoms with Gasteiger partial charge >= 0.3 is 0 Å². The van der Waals surface area contributed by atoms with Crippen LogP contribution < -0.4 is 4.74 Å². The van der Waals surface area contributed by atoms with E-state index in [1.54, 1.807) is 7.11 Å². The fourth-order valence-corrected chi connectivity index (χ4v) is 5.01. The standard InChI is InChI=1S/C21H27N3O2/c1-23-10-7-16-17-13-15(26-2)5-6-18(17)22-19(16)21(23)8-11-24(12-9-21)20(25)14-3-4-14/h5-6,13-14,22H,3-4,7-12H2,1-2H3. The Kier molecular flexibility index (Phi) is 3.58. The number of carbonyl (C=O) groups excluding carboxylic acids is 1. The van der Waals surface area contributed by atoms with Gasteiger partial charge in [-0.25, -0.2) is 0 Å². The Morgan fingerprint density at radius 3 is 2.69 bits per heavy atom. The molecule has 2 aromatic rings. The molecule has 2 aliphatic heterocycles. The van der Waals surface area contributed by atoms with Crippen LogP contribution in [0.1, 0.15) is 36.9 Å². The molecule has 0 unspecified atom stereocenters. The van der Waals surface area contributed by atoms with Crippen molar-refractivity contribution in [1.29, 1.82) is 0 Å². The van der Waals surface area contributed by atoms with E-state index in [1.165, 1.54) is 22.2 Å². The van der Waals surface area contributed by atoms with Gasteiger partial charge in [-0.3, -0.25) is 9.69 Å². The molecule has 138 valence electrons. The number of likely N-dealkylation sites (tertiary alicyclic amines) is 1. The molecule has 1 N–H and O–H groups in total. The van der Waals surface area contributed by atoms with Gasteiger partial charge in [0.15, 0.2) is 0 Å². The predicted molar refractivity (Wildman–Crippen MR) is 101 cm³/mol. The first-order valence-corrected chi connectivity index (χ1v) is 9.81. The summed E-state index contributed by atoms with van der Waals surface area (Å²) in [6.45, 7) is 2.81. The first-order chi connectivity index (χ1) is 12.6. The minimum atomic E-state index is 0.0279. The third-order valence-corrected chi connectivity index (χ3v) is 6.84. The number of fused-ring (bicyclic) bond motifs is 4. The van der Waals surface area contributed by atoms with Gasteiger partial charge in [-0.15, -0.1) is 0 Å². The normalized spacial score (nSPS) is 22.6. The van der Waals surface area contributed by atoms with E-state index in [2.05, 4.69) is 34.0 Å². The van der Waals surface area contributed by atoms with Crippen LogP contribution in [-0.2, 0) is 16.8 Å². The number of H-pyrrole nitrogens is 1. The van der Waals surface area contributed by atoms with Crippen molar-refractivity contribution in [2.24, 2.45) is 5.92 Å². The topological polar surface area (TPSA) is 48.6 Å². The summed E-state index contributed by atoms with van der Waals surface area (Å²) in [4.78, 5) is 20.8. The number of nitrogens with one attached hydrogen (secondary N) is 1. The van der Waals surface area contributed by atoms with Gasteiger partial charge in [0.05, 0.1) is 12.6 Å². The molecule has 3 aliphatic rings. The highest BCUT2D eigenvalue weighted by Gasteiger charge is 2.46. The summed E-state index contributed by atoms with van der Waals surface area (Å²) in [5.74, 6) is 1.63. The van der Waals surface area contributed by atoms with Gasteiger partial charge in [0.1, 0.15) is 5.75 Å². The van der Waals surface area contributed by atoms with Crippen molar-refractivity contribution in [2.45, 2.75) is 37.6 Å². The zero-order chi connectivity index (χ0) is 17.9. The Bertz CT molecular complexity index is 860. The highest BCUT2D eigenvalue weighted by Crippen LogP contribution is 2.45. The Hall–Kier alpha value is -2.01. The minimum absolute atomic E-state index is 0.0279. The number of aromatic nitrogens is 1. The molecule has 2 fully saturated rings. The van der Waals surface area contributed by atoms with Crippen molar-refractivity contribution in [3.05, 3.63) is 29.5 Å². The summed E-state index contributed by atoms with van der Waals surface area (Å²) < 4.78 is 5.44. The van der Waals surface area contributed by atoms with Gasteiger partial charge in [0, 0.05) is 42.1 Å². The lowest BCUT2D eigenvalue weighted by molar-refractivity contribution is -0.135. The van der Waals surface area contributed by atoms with Crippen LogP contribution >= 0.6 is 0 Å². The maximum Gasteiger partial charge on any atom is 0.225 e. The van der Waals surface area contributed by atoms with E-state index >= 15 is 0 Å². The Balaban J connectivity index is 1.51. The fraction of sp³-hybridized carbons (Fsp3) is 0.571. The average Bonchev–Trinajstić information content (AvgIpc) is 3.45. The molecule has 5 rings (SSSR count). The molecule has 1 aliphatic carbocycles. The maximum atomic E-state index is 12.5. The smallest absolute Gasteiger partial charge is 0.225 e. The SMILES string of the molecule is COc1ccc2[nH]c3c(c2c1)CCN(C)C31CCN(C(=O)C2CC2)CC1. The quantitative estimate of drug-likeness (QED) is 0.903. The van der Waals surface area contributed by atoms with Crippen molar-refractivity contribution in [3.63, 3.8) is 0 Å². The van der Waals surface area contributed by atoms with Crippen molar-refractivity contribution in [1.82, 2.24) is 14.8 Å². The van der Waals surface area contributed by atoms with E-state index in [-0.39, 0.29) is 5.54 Å². The highest BCUT2D eigenvalue weighted by atomic mass is 16.5. The van der Waals surface area contributed by atoms with Gasteiger partial charge in [-0.05, 0) is 62.9 Å². The third kappa shape index (κ3) is 2.29. The van der Waals surface area contributed by atoms with Gasteiger partial charge in [-0.1, -0.05) is 0 Å². The van der Waals surface area contributed by atoms with E-state index in [9.17, 15) is 4.79 Å². The zero-order valence-electron chi connectivity index (χ0n) is 15.7. The summed E-state index contributed by atoms with van der Waals surface area (Å²) in [6, 6.07) is 6.32. The van der Waals surface area contributed by atoms with E-state index in [0.29, 0.717) is 11.8 Å². The van der Waals surface area contributed by atoms with Gasteiger partial charge in [0.2, 0.25) is 5.91 Å². The summed E-state index contributed by atoms with van der Waals surface area (Å²) in [7, 11) is 3.97. The van der Waals surface area contributed by atoms with Crippen LogP contribution in [0.3, 0.4) is 0 Å². The predicted octanol–water partition coefficient (Wildman–Crippen LogP) is 2.89. The Morgan fingerprint density at radius 1 is 1.23 bits per heavy atom. The van der Waals surface area contributed by atoms with Crippen LogP contribution in [0.5, 0.6) is 5.75 Å². The number of hydrogen-bond acceptors (Lipinski definition) is 3. The first-order valence-electron chi connectivity index (χ1n) is 9.81. The summed E-state index contributed by atoms with van der Waals surface area (Å²) in [5.41, 5.74) is 4.04. The van der Waals surface area contributed by atoms with Crippen LogP contribution in [0.4, 0.5) is 0 Å². The minimum Gasteiger partial charge on any atom is -0.497 e. The summed E-state index contributed by atoms with van der Waals surface area (Å²) >= 11 is 0. The molecular weight excluding hydrogens is 326 g/mol. The molecule has 0 bridgehead atoms. The van der Waals surface area contributed by atoms with Crippen LogP contribution in [0, 0.1) is 5.92 Å². The van der Waals surface area contributed by atoms with Crippen LogP contribution in [-0.4, -0.2) is 54.5 Å². The molecule has 26 heavy (non-hydrogen) atoms. The molecule has 1 amide bonds. The van der Waals surface area contributed by atoms with E-state index in [1.807, 2.05) is 6.07 Å². The molecule has 0 atom stereocenters. The third-order valence-electron chi connectivity index (χ3n) is 6.84. The number of hydrogen-bond donors (Lipinski definition) is 1. The lowest BCUT2D eigenvalue weighted by Crippen LogP contribution is -2.55. The van der Waals surface area contributed by atoms with Crippen molar-refractivity contribution in [2.75, 3.05) is 33.8 Å². The Labute approximate surface area is 154 Å². The number of aromatic amines is 1. The molecular formula is C21H27N3O2. The second-order valence-electron chi connectivity index (χ2n) is 8.19. The number of methoxy groups -OCH3 is 1. The van der Waals surface area contributed by atoms with Gasteiger partial charge < -0.3 is 14.6 Å². The summed E-state index contributed by atoms with van der Waals surface area (Å²) in [6.07, 6.45) is 5.27. The number of carbonyl (C=O) groups is 1. The second-order valence-corrected chi connectivity index (χ2v) is 8.19. The molecule has 1 saturated heterocycles. The van der Waals surface area contributed by atoms with E-state index < -0.39 is 0 Å². The zero-order valence-corrected chi connectivity index (χ0v) is 15.7. The molecule has 5 heteroatoms. The lowest BCUT2D eigenvalue weighted by atomic mass is 9.78. The number of amides is 1. The van der Waals surface area contributed by atoms with Gasteiger partial charge in [0.25, 0.3) is 0 Å². The van der Waals surface area contributed by atoms with Crippen molar-refractivity contribution in [3.8, 4) is 5.75 Å².